The van der Waals surface area contributed by atoms with E-state index in [0.717, 1.165) is 0 Å². The van der Waals surface area contributed by atoms with Gasteiger partial charge in [-0.05, 0) is 24.6 Å². The SMILES string of the molecule is O=C(Nc1cccnc1-n1cccn1)C1CCS(=O)(=O)C1. The van der Waals surface area contributed by atoms with E-state index in [4.69, 9.17) is 0 Å². The minimum absolute atomic E-state index is 0.0736. The summed E-state index contributed by atoms with van der Waals surface area (Å²) in [6, 6.07) is 5.17. The summed E-state index contributed by atoms with van der Waals surface area (Å²) in [6.07, 6.45) is 5.31. The van der Waals surface area contributed by atoms with Gasteiger partial charge in [-0.3, -0.25) is 4.79 Å². The number of sulfone groups is 1. The first kappa shape index (κ1) is 13.7. The first-order valence-corrected chi connectivity index (χ1v) is 8.34. The normalized spacial score (nSPS) is 20.3. The smallest absolute Gasteiger partial charge is 0.228 e. The van der Waals surface area contributed by atoms with Crippen molar-refractivity contribution < 1.29 is 13.2 Å². The van der Waals surface area contributed by atoms with Gasteiger partial charge in [0.1, 0.15) is 0 Å². The highest BCUT2D eigenvalue weighted by molar-refractivity contribution is 7.91. The predicted octanol–water partition coefficient (Wildman–Crippen LogP) is 0.640. The molecule has 3 heterocycles. The second-order valence-electron chi connectivity index (χ2n) is 4.91. The maximum Gasteiger partial charge on any atom is 0.228 e. The molecule has 2 aromatic heterocycles. The molecule has 21 heavy (non-hydrogen) atoms. The van der Waals surface area contributed by atoms with E-state index in [9.17, 15) is 13.2 Å². The van der Waals surface area contributed by atoms with E-state index in [2.05, 4.69) is 15.4 Å². The zero-order valence-electron chi connectivity index (χ0n) is 11.1. The number of nitrogens with zero attached hydrogens (tertiary/aromatic N) is 3. The van der Waals surface area contributed by atoms with Gasteiger partial charge in [0.05, 0.1) is 23.1 Å². The monoisotopic (exact) mass is 306 g/mol. The number of hydrogen-bond donors (Lipinski definition) is 1. The Morgan fingerprint density at radius 1 is 1.33 bits per heavy atom. The van der Waals surface area contributed by atoms with Crippen LogP contribution in [0.25, 0.3) is 5.82 Å². The minimum atomic E-state index is -3.08. The number of amides is 1. The zero-order chi connectivity index (χ0) is 14.9. The molecule has 1 saturated heterocycles. The third-order valence-corrected chi connectivity index (χ3v) is 5.14. The fourth-order valence-electron chi connectivity index (χ4n) is 2.31. The van der Waals surface area contributed by atoms with Gasteiger partial charge in [-0.15, -0.1) is 0 Å². The number of carbonyl (C=O) groups is 1. The van der Waals surface area contributed by atoms with Crippen LogP contribution < -0.4 is 5.32 Å². The highest BCUT2D eigenvalue weighted by Crippen LogP contribution is 2.22. The highest BCUT2D eigenvalue weighted by Gasteiger charge is 2.33. The van der Waals surface area contributed by atoms with Gasteiger partial charge in [0.25, 0.3) is 0 Å². The standard InChI is InChI=1S/C13H14N4O3S/c18-13(10-4-8-21(19,20)9-10)16-11-3-1-5-14-12(11)17-7-2-6-15-17/h1-3,5-7,10H,4,8-9H2,(H,16,18). The Bertz CT molecular complexity index is 755. The summed E-state index contributed by atoms with van der Waals surface area (Å²) < 4.78 is 24.4. The van der Waals surface area contributed by atoms with Crippen LogP contribution in [0.5, 0.6) is 0 Å². The van der Waals surface area contributed by atoms with Gasteiger partial charge in [0.15, 0.2) is 15.7 Å². The van der Waals surface area contributed by atoms with E-state index in [0.29, 0.717) is 17.9 Å². The lowest BCUT2D eigenvalue weighted by molar-refractivity contribution is -0.119. The molecule has 0 spiro atoms. The summed E-state index contributed by atoms with van der Waals surface area (Å²) >= 11 is 0. The average Bonchev–Trinajstić information content (AvgIpc) is 3.08. The zero-order valence-corrected chi connectivity index (χ0v) is 12.0. The van der Waals surface area contributed by atoms with Crippen molar-refractivity contribution in [2.45, 2.75) is 6.42 Å². The van der Waals surface area contributed by atoms with E-state index >= 15 is 0 Å². The lowest BCUT2D eigenvalue weighted by atomic mass is 10.1. The number of aromatic nitrogens is 3. The van der Waals surface area contributed by atoms with Crippen molar-refractivity contribution >= 4 is 21.4 Å². The molecule has 1 fully saturated rings. The Hall–Kier alpha value is -2.22. The second-order valence-corrected chi connectivity index (χ2v) is 7.14. The summed E-state index contributed by atoms with van der Waals surface area (Å²) in [5.74, 6) is -0.310. The minimum Gasteiger partial charge on any atom is -0.323 e. The average molecular weight is 306 g/mol. The fourth-order valence-corrected chi connectivity index (χ4v) is 4.05. The lowest BCUT2D eigenvalue weighted by Crippen LogP contribution is -2.24. The molecule has 110 valence electrons. The topological polar surface area (TPSA) is 93.9 Å². The van der Waals surface area contributed by atoms with Crippen molar-refractivity contribution in [1.29, 1.82) is 0 Å². The molecule has 0 radical (unpaired) electrons. The number of pyridine rings is 1. The van der Waals surface area contributed by atoms with Crippen molar-refractivity contribution in [2.24, 2.45) is 5.92 Å². The van der Waals surface area contributed by atoms with Gasteiger partial charge in [-0.1, -0.05) is 0 Å². The number of rotatable bonds is 3. The summed E-state index contributed by atoms with van der Waals surface area (Å²) in [5, 5.41) is 6.83. The molecule has 3 rings (SSSR count). The quantitative estimate of drug-likeness (QED) is 0.898. The van der Waals surface area contributed by atoms with Gasteiger partial charge in [-0.25, -0.2) is 18.1 Å². The third-order valence-electron chi connectivity index (χ3n) is 3.37. The first-order valence-electron chi connectivity index (χ1n) is 6.51. The molecular weight excluding hydrogens is 292 g/mol. The van der Waals surface area contributed by atoms with Crippen molar-refractivity contribution in [1.82, 2.24) is 14.8 Å². The molecule has 1 aliphatic rings. The van der Waals surface area contributed by atoms with E-state index < -0.39 is 15.8 Å². The van der Waals surface area contributed by atoms with Crippen LogP contribution >= 0.6 is 0 Å². The van der Waals surface area contributed by atoms with Gasteiger partial charge < -0.3 is 5.32 Å². The largest absolute Gasteiger partial charge is 0.323 e. The lowest BCUT2D eigenvalue weighted by Gasteiger charge is -2.12. The molecule has 0 aromatic carbocycles. The Kier molecular flexibility index (Phi) is 3.46. The molecule has 8 heteroatoms. The van der Waals surface area contributed by atoms with E-state index in [1.807, 2.05) is 0 Å². The van der Waals surface area contributed by atoms with Crippen LogP contribution in [0.4, 0.5) is 5.69 Å². The maximum atomic E-state index is 12.2. The third kappa shape index (κ3) is 2.94. The van der Waals surface area contributed by atoms with Crippen LogP contribution in [0.3, 0.4) is 0 Å². The number of anilines is 1. The van der Waals surface area contributed by atoms with Gasteiger partial charge in [0.2, 0.25) is 5.91 Å². The van der Waals surface area contributed by atoms with Crippen LogP contribution in [0, 0.1) is 5.92 Å². The fraction of sp³-hybridized carbons (Fsp3) is 0.308. The summed E-state index contributed by atoms with van der Waals surface area (Å²) in [4.78, 5) is 16.4. The van der Waals surface area contributed by atoms with E-state index in [1.54, 1.807) is 41.5 Å². The van der Waals surface area contributed by atoms with Crippen molar-refractivity contribution in [3.05, 3.63) is 36.8 Å². The Morgan fingerprint density at radius 2 is 2.19 bits per heavy atom. The molecule has 0 bridgehead atoms. The summed E-state index contributed by atoms with van der Waals surface area (Å²) in [5.41, 5.74) is 0.510. The number of hydrogen-bond acceptors (Lipinski definition) is 5. The van der Waals surface area contributed by atoms with Crippen LogP contribution in [0.15, 0.2) is 36.8 Å². The molecule has 2 aromatic rings. The molecule has 0 saturated carbocycles. The van der Waals surface area contributed by atoms with Crippen LogP contribution in [-0.2, 0) is 14.6 Å². The van der Waals surface area contributed by atoms with E-state index in [1.165, 1.54) is 0 Å². The van der Waals surface area contributed by atoms with Gasteiger partial charge in [-0.2, -0.15) is 5.10 Å². The first-order chi connectivity index (χ1) is 10.1. The highest BCUT2D eigenvalue weighted by atomic mass is 32.2. The van der Waals surface area contributed by atoms with Crippen molar-refractivity contribution in [2.75, 3.05) is 16.8 Å². The summed E-state index contributed by atoms with van der Waals surface area (Å²) in [6.45, 7) is 0. The Labute approximate surface area is 121 Å². The Morgan fingerprint density at radius 3 is 2.86 bits per heavy atom. The molecule has 1 unspecified atom stereocenters. The van der Waals surface area contributed by atoms with Crippen LogP contribution in [-0.4, -0.2) is 40.6 Å². The molecule has 0 aliphatic carbocycles. The molecule has 1 aliphatic heterocycles. The van der Waals surface area contributed by atoms with E-state index in [-0.39, 0.29) is 17.4 Å². The van der Waals surface area contributed by atoms with Crippen molar-refractivity contribution in [3.8, 4) is 5.82 Å². The maximum absolute atomic E-state index is 12.2. The summed E-state index contributed by atoms with van der Waals surface area (Å²) in [7, 11) is -3.08. The molecule has 1 amide bonds. The molecule has 1 atom stereocenters. The van der Waals surface area contributed by atoms with Crippen LogP contribution in [0.2, 0.25) is 0 Å². The predicted molar refractivity (Wildman–Crippen MR) is 76.7 cm³/mol. The van der Waals surface area contributed by atoms with Crippen LogP contribution in [0.1, 0.15) is 6.42 Å². The van der Waals surface area contributed by atoms with Gasteiger partial charge >= 0.3 is 0 Å². The number of carbonyl (C=O) groups excluding carboxylic acids is 1. The van der Waals surface area contributed by atoms with Crippen molar-refractivity contribution in [3.63, 3.8) is 0 Å². The molecule has 7 nitrogen and oxygen atoms in total. The molecular formula is C13H14N4O3S. The Balaban J connectivity index is 1.81. The van der Waals surface area contributed by atoms with Gasteiger partial charge in [0, 0.05) is 18.6 Å². The second kappa shape index (κ2) is 5.28. The number of nitrogens with one attached hydrogen (secondary N) is 1. The molecule has 1 N–H and O–H groups in total.